The lowest BCUT2D eigenvalue weighted by Gasteiger charge is -2.33. The summed E-state index contributed by atoms with van der Waals surface area (Å²) in [7, 11) is -3.22. The normalized spacial score (nSPS) is 17.0. The van der Waals surface area contributed by atoms with Crippen LogP contribution in [0.15, 0.2) is 18.2 Å². The van der Waals surface area contributed by atoms with E-state index in [2.05, 4.69) is 0 Å². The SMILES string of the molecule is CCS(=O)(=O)N1CCN(C(=O)c2ccc(F)c(Cl)c2)CC1. The van der Waals surface area contributed by atoms with Gasteiger partial charge in [-0.25, -0.2) is 12.8 Å². The van der Waals surface area contributed by atoms with E-state index in [1.807, 2.05) is 0 Å². The Morgan fingerprint density at radius 3 is 2.43 bits per heavy atom. The van der Waals surface area contributed by atoms with Crippen molar-refractivity contribution in [3.8, 4) is 0 Å². The number of amides is 1. The quantitative estimate of drug-likeness (QED) is 0.843. The number of hydrogen-bond donors (Lipinski definition) is 0. The van der Waals surface area contributed by atoms with Gasteiger partial charge in [-0.1, -0.05) is 11.6 Å². The van der Waals surface area contributed by atoms with E-state index in [0.29, 0.717) is 18.7 Å². The van der Waals surface area contributed by atoms with Crippen LogP contribution in [-0.4, -0.2) is 55.5 Å². The molecule has 1 fully saturated rings. The number of carbonyl (C=O) groups excluding carboxylic acids is 1. The molecule has 0 radical (unpaired) electrons. The first-order valence-electron chi connectivity index (χ1n) is 6.57. The first kappa shape index (κ1) is 16.2. The van der Waals surface area contributed by atoms with Gasteiger partial charge in [-0.15, -0.1) is 0 Å². The maximum Gasteiger partial charge on any atom is 0.253 e. The summed E-state index contributed by atoms with van der Waals surface area (Å²) < 4.78 is 38.0. The summed E-state index contributed by atoms with van der Waals surface area (Å²) >= 11 is 5.67. The van der Waals surface area contributed by atoms with Crippen molar-refractivity contribution in [1.82, 2.24) is 9.21 Å². The molecule has 1 aliphatic heterocycles. The summed E-state index contributed by atoms with van der Waals surface area (Å²) in [4.78, 5) is 13.8. The fourth-order valence-electron chi connectivity index (χ4n) is 2.16. The zero-order chi connectivity index (χ0) is 15.6. The Kier molecular flexibility index (Phi) is 4.85. The van der Waals surface area contributed by atoms with Gasteiger partial charge in [0.2, 0.25) is 10.0 Å². The van der Waals surface area contributed by atoms with Crippen LogP contribution >= 0.6 is 11.6 Å². The molecule has 0 aliphatic carbocycles. The van der Waals surface area contributed by atoms with E-state index in [0.717, 1.165) is 6.07 Å². The van der Waals surface area contributed by atoms with Crippen LogP contribution in [0.2, 0.25) is 5.02 Å². The third-order valence-electron chi connectivity index (χ3n) is 3.45. The first-order chi connectivity index (χ1) is 9.85. The van der Waals surface area contributed by atoms with Crippen LogP contribution in [0.5, 0.6) is 0 Å². The van der Waals surface area contributed by atoms with Gasteiger partial charge in [0, 0.05) is 31.7 Å². The number of carbonyl (C=O) groups is 1. The van der Waals surface area contributed by atoms with E-state index in [9.17, 15) is 17.6 Å². The van der Waals surface area contributed by atoms with Gasteiger partial charge < -0.3 is 4.90 Å². The van der Waals surface area contributed by atoms with Gasteiger partial charge in [0.15, 0.2) is 0 Å². The standard InChI is InChI=1S/C13H16ClFN2O3S/c1-2-21(19,20)17-7-5-16(6-8-17)13(18)10-3-4-12(15)11(14)9-10/h3-4,9H,2,5-8H2,1H3. The van der Waals surface area contributed by atoms with Crippen molar-refractivity contribution in [2.75, 3.05) is 31.9 Å². The van der Waals surface area contributed by atoms with Crippen molar-refractivity contribution < 1.29 is 17.6 Å². The molecule has 1 amide bonds. The van der Waals surface area contributed by atoms with E-state index >= 15 is 0 Å². The number of halogens is 2. The van der Waals surface area contributed by atoms with Crippen LogP contribution in [0, 0.1) is 5.82 Å². The van der Waals surface area contributed by atoms with E-state index in [4.69, 9.17) is 11.6 Å². The fraction of sp³-hybridized carbons (Fsp3) is 0.462. The highest BCUT2D eigenvalue weighted by atomic mass is 35.5. The Bertz CT molecular complexity index is 643. The summed E-state index contributed by atoms with van der Waals surface area (Å²) in [5.41, 5.74) is 0.299. The molecular weight excluding hydrogens is 319 g/mol. The Balaban J connectivity index is 2.05. The molecule has 0 aromatic heterocycles. The van der Waals surface area contributed by atoms with Gasteiger partial charge in [0.05, 0.1) is 10.8 Å². The highest BCUT2D eigenvalue weighted by Gasteiger charge is 2.28. The molecule has 0 spiro atoms. The first-order valence-corrected chi connectivity index (χ1v) is 8.56. The molecule has 1 aliphatic rings. The lowest BCUT2D eigenvalue weighted by molar-refractivity contribution is 0.0698. The van der Waals surface area contributed by atoms with Crippen molar-refractivity contribution in [1.29, 1.82) is 0 Å². The second kappa shape index (κ2) is 6.29. The number of piperazine rings is 1. The number of sulfonamides is 1. The topological polar surface area (TPSA) is 57.7 Å². The van der Waals surface area contributed by atoms with E-state index in [1.165, 1.54) is 16.4 Å². The molecule has 5 nitrogen and oxygen atoms in total. The van der Waals surface area contributed by atoms with Crippen LogP contribution in [0.3, 0.4) is 0 Å². The molecule has 1 saturated heterocycles. The molecule has 0 unspecified atom stereocenters. The molecule has 0 bridgehead atoms. The van der Waals surface area contributed by atoms with Crippen LogP contribution < -0.4 is 0 Å². The highest BCUT2D eigenvalue weighted by molar-refractivity contribution is 7.89. The van der Waals surface area contributed by atoms with E-state index in [1.54, 1.807) is 11.8 Å². The third kappa shape index (κ3) is 3.53. The molecule has 0 atom stereocenters. The molecule has 1 aromatic rings. The molecule has 116 valence electrons. The van der Waals surface area contributed by atoms with Crippen molar-refractivity contribution in [2.45, 2.75) is 6.92 Å². The van der Waals surface area contributed by atoms with Gasteiger partial charge in [0.1, 0.15) is 5.82 Å². The second-order valence-corrected chi connectivity index (χ2v) is 7.39. The molecule has 0 saturated carbocycles. The summed E-state index contributed by atoms with van der Waals surface area (Å²) in [5.74, 6) is -0.799. The Morgan fingerprint density at radius 1 is 1.29 bits per heavy atom. The molecule has 1 heterocycles. The summed E-state index contributed by atoms with van der Waals surface area (Å²) in [6, 6.07) is 3.81. The van der Waals surface area contributed by atoms with Crippen molar-refractivity contribution in [3.63, 3.8) is 0 Å². The Labute approximate surface area is 128 Å². The minimum absolute atomic E-state index is 0.0501. The maximum absolute atomic E-state index is 13.1. The second-order valence-electron chi connectivity index (χ2n) is 4.72. The smallest absolute Gasteiger partial charge is 0.253 e. The van der Waals surface area contributed by atoms with Crippen LogP contribution in [-0.2, 0) is 10.0 Å². The predicted molar refractivity (Wildman–Crippen MR) is 78.3 cm³/mol. The molecular formula is C13H16ClFN2O3S. The van der Waals surface area contributed by atoms with E-state index in [-0.39, 0.29) is 29.8 Å². The highest BCUT2D eigenvalue weighted by Crippen LogP contribution is 2.18. The fourth-order valence-corrected chi connectivity index (χ4v) is 3.43. The Hall–Kier alpha value is -1.18. The van der Waals surface area contributed by atoms with Gasteiger partial charge in [-0.2, -0.15) is 4.31 Å². The third-order valence-corrected chi connectivity index (χ3v) is 5.62. The van der Waals surface area contributed by atoms with Gasteiger partial charge >= 0.3 is 0 Å². The van der Waals surface area contributed by atoms with Crippen molar-refractivity contribution in [2.24, 2.45) is 0 Å². The maximum atomic E-state index is 13.1. The van der Waals surface area contributed by atoms with Crippen LogP contribution in [0.1, 0.15) is 17.3 Å². The summed E-state index contributed by atoms with van der Waals surface area (Å²) in [6.45, 7) is 2.77. The molecule has 1 aromatic carbocycles. The molecule has 8 heteroatoms. The van der Waals surface area contributed by atoms with Crippen LogP contribution in [0.25, 0.3) is 0 Å². The zero-order valence-electron chi connectivity index (χ0n) is 11.6. The molecule has 2 rings (SSSR count). The largest absolute Gasteiger partial charge is 0.336 e. The summed E-state index contributed by atoms with van der Waals surface area (Å²) in [5, 5.41) is -0.104. The number of rotatable bonds is 3. The van der Waals surface area contributed by atoms with E-state index < -0.39 is 15.8 Å². The van der Waals surface area contributed by atoms with Crippen LogP contribution in [0.4, 0.5) is 4.39 Å². The van der Waals surface area contributed by atoms with Gasteiger partial charge in [-0.05, 0) is 25.1 Å². The lowest BCUT2D eigenvalue weighted by Crippen LogP contribution is -2.50. The average molecular weight is 335 g/mol. The Morgan fingerprint density at radius 2 is 1.90 bits per heavy atom. The average Bonchev–Trinajstić information content (AvgIpc) is 2.49. The van der Waals surface area contributed by atoms with Gasteiger partial charge in [0.25, 0.3) is 5.91 Å². The number of hydrogen-bond acceptors (Lipinski definition) is 3. The molecule has 21 heavy (non-hydrogen) atoms. The minimum atomic E-state index is -3.22. The predicted octanol–water partition coefficient (Wildman–Crippen LogP) is 1.59. The van der Waals surface area contributed by atoms with Crippen molar-refractivity contribution in [3.05, 3.63) is 34.6 Å². The zero-order valence-corrected chi connectivity index (χ0v) is 13.1. The summed E-state index contributed by atoms with van der Waals surface area (Å²) in [6.07, 6.45) is 0. The monoisotopic (exact) mass is 334 g/mol. The number of nitrogens with zero attached hydrogens (tertiary/aromatic N) is 2. The molecule has 0 N–H and O–H groups in total. The number of benzene rings is 1. The minimum Gasteiger partial charge on any atom is -0.336 e. The lowest BCUT2D eigenvalue weighted by atomic mass is 10.2. The van der Waals surface area contributed by atoms with Gasteiger partial charge in [-0.3, -0.25) is 4.79 Å². The van der Waals surface area contributed by atoms with Crippen molar-refractivity contribution >= 4 is 27.5 Å².